The summed E-state index contributed by atoms with van der Waals surface area (Å²) in [4.78, 5) is 31.9. The first kappa shape index (κ1) is 31.5. The summed E-state index contributed by atoms with van der Waals surface area (Å²) in [5.41, 5.74) is 5.36. The fourth-order valence-electron chi connectivity index (χ4n) is 5.15. The Morgan fingerprint density at radius 2 is 1.73 bits per heavy atom. The molecule has 4 heterocycles. The topological polar surface area (TPSA) is 125 Å². The highest BCUT2D eigenvalue weighted by molar-refractivity contribution is 6.08. The maximum Gasteiger partial charge on any atom is 0.259 e. The molecule has 1 aliphatic rings. The van der Waals surface area contributed by atoms with Crippen molar-refractivity contribution in [2.45, 2.75) is 39.7 Å². The highest BCUT2D eigenvalue weighted by Gasteiger charge is 2.15. The summed E-state index contributed by atoms with van der Waals surface area (Å²) < 4.78 is 20.2. The van der Waals surface area contributed by atoms with E-state index < -0.39 is 0 Å². The number of anilines is 1. The number of ketones is 1. The number of benzene rings is 1. The van der Waals surface area contributed by atoms with Crippen LogP contribution in [0.4, 0.5) is 5.69 Å². The van der Waals surface area contributed by atoms with E-state index in [0.29, 0.717) is 62.7 Å². The first-order valence-electron chi connectivity index (χ1n) is 15.2. The van der Waals surface area contributed by atoms with Crippen molar-refractivity contribution in [2.75, 3.05) is 64.6 Å². The van der Waals surface area contributed by atoms with Crippen molar-refractivity contribution < 1.29 is 23.8 Å². The minimum absolute atomic E-state index is 0.210. The zero-order valence-corrected chi connectivity index (χ0v) is 25.5. The Labute approximate surface area is 257 Å². The third kappa shape index (κ3) is 8.79. The lowest BCUT2D eigenvalue weighted by molar-refractivity contribution is -0.120. The fourth-order valence-corrected chi connectivity index (χ4v) is 5.15. The predicted molar refractivity (Wildman–Crippen MR) is 166 cm³/mol. The molecule has 3 aromatic heterocycles. The number of fused-ring (bicyclic) bond motifs is 1. The standard InChI is InChI=1S/C32H41N7O5/c1-24-22-25(2)39-12-9-29(31(39)33-24)32(41)34-27-7-5-26(6-8-27)30-23-38(36-35-30)15-19-44-21-20-42-16-10-28(40)4-3-11-37-13-17-43-18-14-37/h5-9,12,22-23H,3-4,10-11,13-21H2,1-2H3,(H,34,41). The Morgan fingerprint density at radius 1 is 0.955 bits per heavy atom. The molecule has 1 aromatic carbocycles. The van der Waals surface area contributed by atoms with Gasteiger partial charge in [0.05, 0.1) is 57.9 Å². The molecule has 12 heteroatoms. The van der Waals surface area contributed by atoms with Crippen LogP contribution < -0.4 is 5.32 Å². The van der Waals surface area contributed by atoms with E-state index in [0.717, 1.165) is 61.9 Å². The molecule has 0 bridgehead atoms. The van der Waals surface area contributed by atoms with E-state index in [1.165, 1.54) is 0 Å². The van der Waals surface area contributed by atoms with Crippen LogP contribution in [0.3, 0.4) is 0 Å². The number of hydrogen-bond donors (Lipinski definition) is 1. The van der Waals surface area contributed by atoms with Gasteiger partial charge in [0.2, 0.25) is 0 Å². The van der Waals surface area contributed by atoms with Crippen LogP contribution in [-0.2, 0) is 25.5 Å². The molecular formula is C32H41N7O5. The van der Waals surface area contributed by atoms with Crippen molar-refractivity contribution in [1.82, 2.24) is 29.3 Å². The van der Waals surface area contributed by atoms with Gasteiger partial charge in [-0.1, -0.05) is 17.3 Å². The number of ether oxygens (including phenoxy) is 3. The molecule has 5 rings (SSSR count). The predicted octanol–water partition coefficient (Wildman–Crippen LogP) is 3.57. The molecule has 1 saturated heterocycles. The lowest BCUT2D eigenvalue weighted by Gasteiger charge is -2.26. The highest BCUT2D eigenvalue weighted by Crippen LogP contribution is 2.21. The quantitative estimate of drug-likeness (QED) is 0.191. The van der Waals surface area contributed by atoms with Crippen LogP contribution >= 0.6 is 0 Å². The summed E-state index contributed by atoms with van der Waals surface area (Å²) in [6, 6.07) is 11.3. The normalized spacial score (nSPS) is 13.9. The molecule has 1 amide bonds. The third-order valence-electron chi connectivity index (χ3n) is 7.56. The van der Waals surface area contributed by atoms with Gasteiger partial charge in [-0.2, -0.15) is 0 Å². The highest BCUT2D eigenvalue weighted by atomic mass is 16.5. The summed E-state index contributed by atoms with van der Waals surface area (Å²) in [5.74, 6) is 0.0340. The number of carbonyl (C=O) groups excluding carboxylic acids is 2. The Balaban J connectivity index is 0.961. The zero-order chi connectivity index (χ0) is 30.7. The molecular weight excluding hydrogens is 562 g/mol. The molecule has 1 aliphatic heterocycles. The molecule has 1 N–H and O–H groups in total. The van der Waals surface area contributed by atoms with Crippen molar-refractivity contribution in [3.8, 4) is 11.3 Å². The van der Waals surface area contributed by atoms with Gasteiger partial charge < -0.3 is 23.9 Å². The van der Waals surface area contributed by atoms with E-state index in [4.69, 9.17) is 14.2 Å². The second-order valence-corrected chi connectivity index (χ2v) is 10.9. The Kier molecular flexibility index (Phi) is 11.2. The number of nitrogens with one attached hydrogen (secondary N) is 1. The third-order valence-corrected chi connectivity index (χ3v) is 7.56. The number of aromatic nitrogens is 5. The van der Waals surface area contributed by atoms with E-state index in [2.05, 4.69) is 25.5 Å². The number of nitrogens with zero attached hydrogens (tertiary/aromatic N) is 6. The lowest BCUT2D eigenvalue weighted by atomic mass is 10.1. The average Bonchev–Trinajstić information content (AvgIpc) is 3.67. The summed E-state index contributed by atoms with van der Waals surface area (Å²) in [5, 5.41) is 11.4. The van der Waals surface area contributed by atoms with Crippen molar-refractivity contribution >= 4 is 23.0 Å². The number of hydrogen-bond acceptors (Lipinski definition) is 9. The Morgan fingerprint density at radius 3 is 2.52 bits per heavy atom. The molecule has 0 radical (unpaired) electrons. The Bertz CT molecular complexity index is 1530. The van der Waals surface area contributed by atoms with Gasteiger partial charge in [-0.3, -0.25) is 14.5 Å². The van der Waals surface area contributed by atoms with E-state index >= 15 is 0 Å². The molecule has 0 atom stereocenters. The number of Topliss-reactive ketones (excluding diaryl/α,β-unsaturated/α-hetero) is 1. The van der Waals surface area contributed by atoms with Crippen LogP contribution in [0.1, 0.15) is 41.0 Å². The summed E-state index contributed by atoms with van der Waals surface area (Å²) in [6.07, 6.45) is 5.65. The molecule has 0 spiro atoms. The average molecular weight is 604 g/mol. The van der Waals surface area contributed by atoms with Crippen LogP contribution in [0.2, 0.25) is 0 Å². The Hall–Kier alpha value is -3.97. The summed E-state index contributed by atoms with van der Waals surface area (Å²) >= 11 is 0. The van der Waals surface area contributed by atoms with Gasteiger partial charge in [-0.25, -0.2) is 9.67 Å². The van der Waals surface area contributed by atoms with Crippen molar-refractivity contribution in [3.05, 3.63) is 65.7 Å². The molecule has 12 nitrogen and oxygen atoms in total. The van der Waals surface area contributed by atoms with E-state index in [-0.39, 0.29) is 11.7 Å². The number of amides is 1. The van der Waals surface area contributed by atoms with Crippen molar-refractivity contribution in [3.63, 3.8) is 0 Å². The van der Waals surface area contributed by atoms with Gasteiger partial charge in [-0.15, -0.1) is 5.10 Å². The molecule has 0 unspecified atom stereocenters. The van der Waals surface area contributed by atoms with Gasteiger partial charge in [0.25, 0.3) is 5.91 Å². The van der Waals surface area contributed by atoms with Crippen molar-refractivity contribution in [1.29, 1.82) is 0 Å². The van der Waals surface area contributed by atoms with Gasteiger partial charge in [0.1, 0.15) is 17.1 Å². The summed E-state index contributed by atoms with van der Waals surface area (Å²) in [6.45, 7) is 10.7. The molecule has 1 fully saturated rings. The molecule has 4 aromatic rings. The van der Waals surface area contributed by atoms with Gasteiger partial charge in [-0.05, 0) is 51.1 Å². The molecule has 44 heavy (non-hydrogen) atoms. The first-order chi connectivity index (χ1) is 21.5. The molecule has 0 saturated carbocycles. The monoisotopic (exact) mass is 603 g/mol. The van der Waals surface area contributed by atoms with Crippen LogP contribution in [0, 0.1) is 13.8 Å². The van der Waals surface area contributed by atoms with Crippen LogP contribution in [-0.4, -0.2) is 100 Å². The SMILES string of the molecule is Cc1cc(C)n2ccc(C(=O)Nc3ccc(-c4cn(CCOCCOCCC(=O)CCCN5CCOCC5)nn4)cc3)c2n1. The number of aryl methyl sites for hydroxylation is 2. The minimum atomic E-state index is -0.210. The second kappa shape index (κ2) is 15.7. The summed E-state index contributed by atoms with van der Waals surface area (Å²) in [7, 11) is 0. The van der Waals surface area contributed by atoms with Crippen LogP contribution in [0.5, 0.6) is 0 Å². The van der Waals surface area contributed by atoms with Crippen LogP contribution in [0.15, 0.2) is 48.8 Å². The fraction of sp³-hybridized carbons (Fsp3) is 0.469. The number of morpholine rings is 1. The van der Waals surface area contributed by atoms with Gasteiger partial charge in [0, 0.05) is 54.8 Å². The second-order valence-electron chi connectivity index (χ2n) is 10.9. The van der Waals surface area contributed by atoms with Crippen molar-refractivity contribution in [2.24, 2.45) is 0 Å². The van der Waals surface area contributed by atoms with E-state index in [9.17, 15) is 9.59 Å². The maximum atomic E-state index is 12.9. The number of carbonyl (C=O) groups is 2. The van der Waals surface area contributed by atoms with E-state index in [1.807, 2.05) is 61.0 Å². The molecule has 0 aliphatic carbocycles. The lowest BCUT2D eigenvalue weighted by Crippen LogP contribution is -2.36. The van der Waals surface area contributed by atoms with Gasteiger partial charge >= 0.3 is 0 Å². The smallest absolute Gasteiger partial charge is 0.259 e. The largest absolute Gasteiger partial charge is 0.379 e. The first-order valence-corrected chi connectivity index (χ1v) is 15.2. The molecule has 234 valence electrons. The van der Waals surface area contributed by atoms with Crippen LogP contribution in [0.25, 0.3) is 16.9 Å². The number of rotatable bonds is 16. The van der Waals surface area contributed by atoms with E-state index in [1.54, 1.807) is 10.7 Å². The zero-order valence-electron chi connectivity index (χ0n) is 25.5. The minimum Gasteiger partial charge on any atom is -0.379 e. The maximum absolute atomic E-state index is 12.9. The van der Waals surface area contributed by atoms with Gasteiger partial charge in [0.15, 0.2) is 0 Å².